The Kier molecular flexibility index (Phi) is 2.56. The van der Waals surface area contributed by atoms with E-state index in [4.69, 9.17) is 5.73 Å². The maximum Gasteiger partial charge on any atom is 0.223 e. The minimum absolute atomic E-state index is 0.108. The predicted molar refractivity (Wildman–Crippen MR) is 38.8 cm³/mol. The number of nitrogens with zero attached hydrogens (tertiary/aromatic N) is 2. The first kappa shape index (κ1) is 7.40. The quantitative estimate of drug-likeness (QED) is 0.625. The van der Waals surface area contributed by atoms with Gasteiger partial charge in [-0.3, -0.25) is 0 Å². The molecule has 4 nitrogen and oxygen atoms in total. The van der Waals surface area contributed by atoms with E-state index in [-0.39, 0.29) is 5.88 Å². The van der Waals surface area contributed by atoms with E-state index in [0.29, 0.717) is 0 Å². The standard InChI is InChI=1S/C5H9N3OS/c1-2-10-4-8-3-5(6)9-7-8/h3,6H,2,4H2,1H3. The minimum atomic E-state index is 0.108. The average Bonchev–Trinajstić information content (AvgIpc) is 2.31. The highest BCUT2D eigenvalue weighted by Gasteiger charge is 2.02. The molecule has 0 atom stereocenters. The van der Waals surface area contributed by atoms with Crippen molar-refractivity contribution < 1.29 is 9.20 Å². The molecule has 1 aromatic rings. The minimum Gasteiger partial charge on any atom is -0.660 e. The van der Waals surface area contributed by atoms with Gasteiger partial charge in [0.15, 0.2) is 5.27 Å². The van der Waals surface area contributed by atoms with Crippen LogP contribution in [0.1, 0.15) is 6.92 Å². The molecule has 0 unspecified atom stereocenters. The fraction of sp³-hybridized carbons (Fsp3) is 0.600. The van der Waals surface area contributed by atoms with E-state index < -0.39 is 0 Å². The van der Waals surface area contributed by atoms with Crippen LogP contribution in [0.25, 0.3) is 5.73 Å². The molecule has 0 aliphatic carbocycles. The fourth-order valence-electron chi connectivity index (χ4n) is 0.525. The lowest BCUT2D eigenvalue weighted by Crippen LogP contribution is -2.32. The SMILES string of the molecule is CCSC[n+]1cc([NH-])on1. The van der Waals surface area contributed by atoms with Gasteiger partial charge in [0.1, 0.15) is 5.88 Å². The number of nitrogens with one attached hydrogen (secondary N) is 1. The van der Waals surface area contributed by atoms with Crippen molar-refractivity contribution in [2.24, 2.45) is 0 Å². The monoisotopic (exact) mass is 159 g/mol. The molecule has 10 heavy (non-hydrogen) atoms. The van der Waals surface area contributed by atoms with E-state index >= 15 is 0 Å². The molecule has 0 amide bonds. The van der Waals surface area contributed by atoms with Gasteiger partial charge in [-0.05, 0) is 10.4 Å². The third-order valence-electron chi connectivity index (χ3n) is 0.938. The van der Waals surface area contributed by atoms with Gasteiger partial charge in [0.05, 0.1) is 0 Å². The second-order valence-corrected chi connectivity index (χ2v) is 2.97. The molecule has 0 saturated carbocycles. The van der Waals surface area contributed by atoms with Crippen LogP contribution >= 0.6 is 11.8 Å². The summed E-state index contributed by atoms with van der Waals surface area (Å²) >= 11 is 1.73. The van der Waals surface area contributed by atoms with Crippen molar-refractivity contribution >= 4 is 17.6 Å². The number of thioether (sulfide) groups is 1. The van der Waals surface area contributed by atoms with Gasteiger partial charge in [-0.2, -0.15) is 0 Å². The van der Waals surface area contributed by atoms with Crippen molar-refractivity contribution in [3.63, 3.8) is 0 Å². The molecule has 0 bridgehead atoms. The first-order valence-corrected chi connectivity index (χ1v) is 4.14. The van der Waals surface area contributed by atoms with E-state index in [0.717, 1.165) is 11.6 Å². The van der Waals surface area contributed by atoms with Gasteiger partial charge in [0, 0.05) is 0 Å². The van der Waals surface area contributed by atoms with Gasteiger partial charge >= 0.3 is 0 Å². The molecular formula is C5H9N3OS. The van der Waals surface area contributed by atoms with Gasteiger partial charge in [0.25, 0.3) is 0 Å². The third kappa shape index (κ3) is 1.91. The Morgan fingerprint density at radius 1 is 1.90 bits per heavy atom. The van der Waals surface area contributed by atoms with Crippen LogP contribution in [0, 0.1) is 0 Å². The van der Waals surface area contributed by atoms with Gasteiger partial charge in [-0.1, -0.05) is 18.7 Å². The molecule has 0 fully saturated rings. The maximum absolute atomic E-state index is 6.99. The van der Waals surface area contributed by atoms with Crippen molar-refractivity contribution in [2.45, 2.75) is 12.8 Å². The normalized spacial score (nSPS) is 10.1. The Morgan fingerprint density at radius 2 is 2.70 bits per heavy atom. The smallest absolute Gasteiger partial charge is 0.223 e. The number of hydrogen-bond acceptors (Lipinski definition) is 3. The van der Waals surface area contributed by atoms with Crippen LogP contribution in [-0.4, -0.2) is 11.0 Å². The molecule has 1 heterocycles. The summed E-state index contributed by atoms with van der Waals surface area (Å²) in [5, 5.41) is 3.59. The zero-order valence-electron chi connectivity index (χ0n) is 5.70. The van der Waals surface area contributed by atoms with Crippen molar-refractivity contribution in [3.8, 4) is 0 Å². The lowest BCUT2D eigenvalue weighted by atomic mass is 10.8. The van der Waals surface area contributed by atoms with Crippen LogP contribution in [0.2, 0.25) is 0 Å². The fourth-order valence-corrected chi connectivity index (χ4v) is 1.02. The topological polar surface area (TPSA) is 53.7 Å². The Bertz CT molecular complexity index is 201. The number of aromatic nitrogens is 2. The first-order valence-electron chi connectivity index (χ1n) is 2.98. The molecule has 1 aromatic heterocycles. The summed E-state index contributed by atoms with van der Waals surface area (Å²) in [4.78, 5) is 0. The highest BCUT2D eigenvalue weighted by molar-refractivity contribution is 7.98. The van der Waals surface area contributed by atoms with Gasteiger partial charge < -0.3 is 10.3 Å². The van der Waals surface area contributed by atoms with Gasteiger partial charge in [0.2, 0.25) is 12.1 Å². The molecule has 0 aromatic carbocycles. The molecule has 0 aliphatic rings. The number of rotatable bonds is 3. The van der Waals surface area contributed by atoms with Crippen molar-refractivity contribution in [1.29, 1.82) is 0 Å². The Labute approximate surface area is 63.4 Å². The van der Waals surface area contributed by atoms with E-state index in [1.54, 1.807) is 22.6 Å². The summed E-state index contributed by atoms with van der Waals surface area (Å²) in [7, 11) is 0. The van der Waals surface area contributed by atoms with Gasteiger partial charge in [-0.15, -0.1) is 0 Å². The van der Waals surface area contributed by atoms with Gasteiger partial charge in [-0.25, -0.2) is 0 Å². The predicted octanol–water partition coefficient (Wildman–Crippen LogP) is 1.36. The molecule has 0 aliphatic heterocycles. The average molecular weight is 159 g/mol. The zero-order valence-corrected chi connectivity index (χ0v) is 6.52. The van der Waals surface area contributed by atoms with Crippen LogP contribution < -0.4 is 4.68 Å². The molecule has 56 valence electrons. The Morgan fingerprint density at radius 3 is 3.20 bits per heavy atom. The first-order chi connectivity index (χ1) is 4.83. The highest BCUT2D eigenvalue weighted by Crippen LogP contribution is 2.03. The van der Waals surface area contributed by atoms with Crippen LogP contribution in [0.5, 0.6) is 0 Å². The second kappa shape index (κ2) is 3.46. The van der Waals surface area contributed by atoms with Crippen LogP contribution in [0.15, 0.2) is 10.7 Å². The summed E-state index contributed by atoms with van der Waals surface area (Å²) in [6.45, 7) is 2.08. The van der Waals surface area contributed by atoms with Crippen LogP contribution in [0.4, 0.5) is 5.88 Å². The molecule has 0 saturated heterocycles. The highest BCUT2D eigenvalue weighted by atomic mass is 32.2. The largest absolute Gasteiger partial charge is 0.660 e. The van der Waals surface area contributed by atoms with Crippen molar-refractivity contribution in [1.82, 2.24) is 5.27 Å². The van der Waals surface area contributed by atoms with E-state index in [1.807, 2.05) is 0 Å². The Balaban J connectivity index is 2.42. The molecule has 5 heteroatoms. The summed E-state index contributed by atoms with van der Waals surface area (Å²) in [6, 6.07) is 0. The molecule has 0 spiro atoms. The molecule has 1 rings (SSSR count). The summed E-state index contributed by atoms with van der Waals surface area (Å²) in [5.41, 5.74) is 6.99. The maximum atomic E-state index is 6.99. The molecule has 0 radical (unpaired) electrons. The summed E-state index contributed by atoms with van der Waals surface area (Å²) in [5.74, 6) is 1.92. The lowest BCUT2D eigenvalue weighted by molar-refractivity contribution is -0.743. The molecule has 1 N–H and O–H groups in total. The molecular weight excluding hydrogens is 150 g/mol. The summed E-state index contributed by atoms with van der Waals surface area (Å²) in [6.07, 6.45) is 1.56. The summed E-state index contributed by atoms with van der Waals surface area (Å²) < 4.78 is 6.14. The third-order valence-corrected chi connectivity index (χ3v) is 1.79. The van der Waals surface area contributed by atoms with E-state index in [9.17, 15) is 0 Å². The van der Waals surface area contributed by atoms with E-state index in [1.165, 1.54) is 0 Å². The van der Waals surface area contributed by atoms with Crippen molar-refractivity contribution in [2.75, 3.05) is 5.75 Å². The second-order valence-electron chi connectivity index (χ2n) is 1.73. The number of hydrogen-bond donors (Lipinski definition) is 0. The van der Waals surface area contributed by atoms with Crippen LogP contribution in [0.3, 0.4) is 0 Å². The zero-order chi connectivity index (χ0) is 7.40. The van der Waals surface area contributed by atoms with Crippen molar-refractivity contribution in [3.05, 3.63) is 11.9 Å². The van der Waals surface area contributed by atoms with E-state index in [2.05, 4.69) is 16.7 Å². The van der Waals surface area contributed by atoms with Crippen LogP contribution in [-0.2, 0) is 5.88 Å². The Hall–Kier alpha value is -0.710. The lowest BCUT2D eigenvalue weighted by Gasteiger charge is -1.83.